The summed E-state index contributed by atoms with van der Waals surface area (Å²) in [6.45, 7) is 0.915. The molecule has 3 unspecified atom stereocenters. The molecule has 4 atom stereocenters. The molecule has 6 rings (SSSR count). The predicted molar refractivity (Wildman–Crippen MR) is 124 cm³/mol. The van der Waals surface area contributed by atoms with Gasteiger partial charge in [0.05, 0.1) is 31.6 Å². The largest absolute Gasteiger partial charge is 0.497 e. The van der Waals surface area contributed by atoms with E-state index in [-0.39, 0.29) is 17.9 Å². The van der Waals surface area contributed by atoms with Gasteiger partial charge in [0.25, 0.3) is 0 Å². The fraction of sp³-hybridized carbons (Fsp3) is 0.308. The van der Waals surface area contributed by atoms with E-state index in [4.69, 9.17) is 9.47 Å². The number of methoxy groups -OCH3 is 1. The summed E-state index contributed by atoms with van der Waals surface area (Å²) in [5.41, 5.74) is 2.29. The average molecular weight is 444 g/mol. The van der Waals surface area contributed by atoms with Crippen molar-refractivity contribution in [1.82, 2.24) is 10.3 Å². The SMILES string of the molecule is COc1ccc(N2C[C@]34C=CC(O3)C(C(=O)NCCc3c[nH]c5ccccc35)C4C2=O)cc1. The van der Waals surface area contributed by atoms with Crippen molar-refractivity contribution < 1.29 is 19.1 Å². The molecule has 2 fully saturated rings. The van der Waals surface area contributed by atoms with Gasteiger partial charge >= 0.3 is 0 Å². The van der Waals surface area contributed by atoms with Crippen LogP contribution >= 0.6 is 0 Å². The summed E-state index contributed by atoms with van der Waals surface area (Å²) >= 11 is 0. The van der Waals surface area contributed by atoms with Crippen LogP contribution < -0.4 is 15.0 Å². The molecule has 2 bridgehead atoms. The molecule has 0 aliphatic carbocycles. The molecule has 2 N–H and O–H groups in total. The highest BCUT2D eigenvalue weighted by Gasteiger charge is 2.67. The van der Waals surface area contributed by atoms with Crippen LogP contribution in [0.1, 0.15) is 5.56 Å². The molecule has 3 aromatic rings. The molecular formula is C26H25N3O4. The van der Waals surface area contributed by atoms with Crippen molar-refractivity contribution in [2.75, 3.05) is 25.1 Å². The topological polar surface area (TPSA) is 83.7 Å². The zero-order valence-electron chi connectivity index (χ0n) is 18.3. The number of para-hydroxylation sites is 1. The number of anilines is 1. The maximum atomic E-state index is 13.4. The highest BCUT2D eigenvalue weighted by Crippen LogP contribution is 2.52. The molecule has 2 saturated heterocycles. The Morgan fingerprint density at radius 1 is 1.24 bits per heavy atom. The number of benzene rings is 2. The molecule has 0 radical (unpaired) electrons. The van der Waals surface area contributed by atoms with Crippen LogP contribution in [0, 0.1) is 11.8 Å². The third-order valence-corrected chi connectivity index (χ3v) is 7.16. The average Bonchev–Trinajstić information content (AvgIpc) is 3.59. The summed E-state index contributed by atoms with van der Waals surface area (Å²) in [6.07, 6.45) is 6.25. The fourth-order valence-corrected chi connectivity index (χ4v) is 5.56. The van der Waals surface area contributed by atoms with Gasteiger partial charge in [-0.2, -0.15) is 0 Å². The first-order valence-electron chi connectivity index (χ1n) is 11.2. The van der Waals surface area contributed by atoms with Crippen molar-refractivity contribution >= 4 is 28.4 Å². The van der Waals surface area contributed by atoms with Crippen molar-refractivity contribution in [3.05, 3.63) is 72.4 Å². The third kappa shape index (κ3) is 3.07. The number of rotatable bonds is 6. The van der Waals surface area contributed by atoms with E-state index in [1.807, 2.05) is 60.8 Å². The van der Waals surface area contributed by atoms with Crippen LogP contribution in [0.2, 0.25) is 0 Å². The number of hydrogen-bond acceptors (Lipinski definition) is 4. The molecule has 2 amide bonds. The Morgan fingerprint density at radius 3 is 2.88 bits per heavy atom. The lowest BCUT2D eigenvalue weighted by Crippen LogP contribution is -2.44. The van der Waals surface area contributed by atoms with Crippen molar-refractivity contribution in [1.29, 1.82) is 0 Å². The molecule has 1 spiro atoms. The molecule has 3 aliphatic heterocycles. The van der Waals surface area contributed by atoms with Crippen LogP contribution in [0.3, 0.4) is 0 Å². The van der Waals surface area contributed by atoms with Gasteiger partial charge < -0.3 is 24.7 Å². The van der Waals surface area contributed by atoms with Gasteiger partial charge in [-0.1, -0.05) is 30.4 Å². The number of aromatic nitrogens is 1. The summed E-state index contributed by atoms with van der Waals surface area (Å²) in [6, 6.07) is 15.5. The number of hydrogen-bond donors (Lipinski definition) is 2. The molecule has 3 aliphatic rings. The van der Waals surface area contributed by atoms with Crippen LogP contribution in [-0.2, 0) is 20.7 Å². The van der Waals surface area contributed by atoms with E-state index in [9.17, 15) is 9.59 Å². The smallest absolute Gasteiger partial charge is 0.234 e. The lowest BCUT2D eigenvalue weighted by Gasteiger charge is -2.23. The van der Waals surface area contributed by atoms with Crippen LogP contribution in [0.15, 0.2) is 66.9 Å². The lowest BCUT2D eigenvalue weighted by molar-refractivity contribution is -0.131. The zero-order valence-corrected chi connectivity index (χ0v) is 18.3. The second kappa shape index (κ2) is 7.49. The van der Waals surface area contributed by atoms with Gasteiger partial charge in [-0.3, -0.25) is 9.59 Å². The molecule has 2 aromatic carbocycles. The van der Waals surface area contributed by atoms with Crippen molar-refractivity contribution in [2.45, 2.75) is 18.1 Å². The highest BCUT2D eigenvalue weighted by atomic mass is 16.5. The highest BCUT2D eigenvalue weighted by molar-refractivity contribution is 6.03. The Balaban J connectivity index is 1.17. The van der Waals surface area contributed by atoms with E-state index in [1.165, 1.54) is 0 Å². The van der Waals surface area contributed by atoms with Gasteiger partial charge in [-0.05, 0) is 42.3 Å². The molecule has 4 heterocycles. The Morgan fingerprint density at radius 2 is 2.06 bits per heavy atom. The van der Waals surface area contributed by atoms with Gasteiger partial charge in [-0.25, -0.2) is 0 Å². The van der Waals surface area contributed by atoms with E-state index in [2.05, 4.69) is 16.4 Å². The minimum Gasteiger partial charge on any atom is -0.497 e. The normalized spacial score (nSPS) is 27.4. The Bertz CT molecular complexity index is 1260. The number of aromatic amines is 1. The molecule has 7 nitrogen and oxygen atoms in total. The summed E-state index contributed by atoms with van der Waals surface area (Å²) in [7, 11) is 1.61. The number of nitrogens with zero attached hydrogens (tertiary/aromatic N) is 1. The van der Waals surface area contributed by atoms with Gasteiger partial charge in [0.1, 0.15) is 11.4 Å². The van der Waals surface area contributed by atoms with E-state index in [1.54, 1.807) is 12.0 Å². The Kier molecular flexibility index (Phi) is 4.55. The van der Waals surface area contributed by atoms with E-state index in [0.717, 1.165) is 27.9 Å². The standard InChI is InChI=1S/C26H25N3O4/c1-32-18-8-6-17(7-9-18)29-15-26-12-10-21(33-26)22(23(26)25(29)31)24(30)27-13-11-16-14-28-20-5-3-2-4-19(16)20/h2-10,12,14,21-23,28H,11,13,15H2,1H3,(H,27,30)/t21?,22?,23?,26-/m0/s1. The molecule has 0 saturated carbocycles. The van der Waals surface area contributed by atoms with Crippen LogP contribution in [0.5, 0.6) is 5.75 Å². The van der Waals surface area contributed by atoms with Crippen molar-refractivity contribution in [2.24, 2.45) is 11.8 Å². The molecule has 7 heteroatoms. The van der Waals surface area contributed by atoms with Crippen LogP contribution in [0.4, 0.5) is 5.69 Å². The van der Waals surface area contributed by atoms with E-state index < -0.39 is 17.4 Å². The number of H-pyrrole nitrogens is 1. The predicted octanol–water partition coefficient (Wildman–Crippen LogP) is 2.82. The van der Waals surface area contributed by atoms with Crippen molar-refractivity contribution in [3.63, 3.8) is 0 Å². The van der Waals surface area contributed by atoms with Crippen LogP contribution in [0.25, 0.3) is 10.9 Å². The van der Waals surface area contributed by atoms with Gasteiger partial charge in [0, 0.05) is 29.3 Å². The maximum absolute atomic E-state index is 13.4. The second-order valence-electron chi connectivity index (χ2n) is 8.92. The molecule has 1 aromatic heterocycles. The first-order chi connectivity index (χ1) is 16.1. The maximum Gasteiger partial charge on any atom is 0.234 e. The van der Waals surface area contributed by atoms with E-state index in [0.29, 0.717) is 19.5 Å². The Hall–Kier alpha value is -3.58. The number of amides is 2. The van der Waals surface area contributed by atoms with Crippen molar-refractivity contribution in [3.8, 4) is 5.75 Å². The van der Waals surface area contributed by atoms with Crippen LogP contribution in [-0.4, -0.2) is 48.7 Å². The molecule has 168 valence electrons. The summed E-state index contributed by atoms with van der Waals surface area (Å²) in [5, 5.41) is 4.22. The number of fused-ring (bicyclic) bond motifs is 2. The summed E-state index contributed by atoms with van der Waals surface area (Å²) < 4.78 is 11.5. The third-order valence-electron chi connectivity index (χ3n) is 7.16. The lowest BCUT2D eigenvalue weighted by atomic mass is 9.77. The second-order valence-corrected chi connectivity index (χ2v) is 8.92. The quantitative estimate of drug-likeness (QED) is 0.574. The number of ether oxygens (including phenoxy) is 2. The van der Waals surface area contributed by atoms with Gasteiger partial charge in [-0.15, -0.1) is 0 Å². The zero-order chi connectivity index (χ0) is 22.6. The fourth-order valence-electron chi connectivity index (χ4n) is 5.56. The number of carbonyl (C=O) groups is 2. The monoisotopic (exact) mass is 443 g/mol. The van der Waals surface area contributed by atoms with Gasteiger partial charge in [0.2, 0.25) is 11.8 Å². The minimum atomic E-state index is -0.736. The number of carbonyl (C=O) groups excluding carboxylic acids is 2. The Labute approximate surface area is 191 Å². The first kappa shape index (κ1) is 20.1. The summed E-state index contributed by atoms with van der Waals surface area (Å²) in [5.74, 6) is -0.491. The van der Waals surface area contributed by atoms with Gasteiger partial charge in [0.15, 0.2) is 0 Å². The minimum absolute atomic E-state index is 0.0659. The molecule has 33 heavy (non-hydrogen) atoms. The van der Waals surface area contributed by atoms with E-state index >= 15 is 0 Å². The number of nitrogens with one attached hydrogen (secondary N) is 2. The first-order valence-corrected chi connectivity index (χ1v) is 11.2. The summed E-state index contributed by atoms with van der Waals surface area (Å²) in [4.78, 5) is 31.7. The molecular weight excluding hydrogens is 418 g/mol.